The minimum absolute atomic E-state index is 0.0285. The van der Waals surface area contributed by atoms with Crippen LogP contribution in [-0.2, 0) is 4.74 Å². The third-order valence-corrected chi connectivity index (χ3v) is 4.56. The monoisotopic (exact) mass is 409 g/mol. The predicted octanol–water partition coefficient (Wildman–Crippen LogP) is 1.91. The van der Waals surface area contributed by atoms with E-state index in [9.17, 15) is 4.79 Å². The predicted molar refractivity (Wildman–Crippen MR) is 113 cm³/mol. The number of anilines is 2. The first kappa shape index (κ1) is 19.8. The fraction of sp³-hybridized carbons (Fsp3) is 0.350. The zero-order valence-electron chi connectivity index (χ0n) is 17.1. The van der Waals surface area contributed by atoms with Crippen molar-refractivity contribution in [3.63, 3.8) is 0 Å². The summed E-state index contributed by atoms with van der Waals surface area (Å²) < 4.78 is 11.1. The Morgan fingerprint density at radius 3 is 2.77 bits per heavy atom. The van der Waals surface area contributed by atoms with Crippen LogP contribution in [0.25, 0.3) is 11.2 Å². The van der Waals surface area contributed by atoms with Crippen molar-refractivity contribution in [2.24, 2.45) is 5.10 Å². The lowest BCUT2D eigenvalue weighted by Gasteiger charge is -2.27. The van der Waals surface area contributed by atoms with Gasteiger partial charge in [-0.3, -0.25) is 4.79 Å². The zero-order valence-corrected chi connectivity index (χ0v) is 17.1. The van der Waals surface area contributed by atoms with E-state index in [0.717, 1.165) is 11.1 Å². The van der Waals surface area contributed by atoms with E-state index in [0.29, 0.717) is 37.6 Å². The Hall–Kier alpha value is -3.53. The molecule has 0 unspecified atom stereocenters. The molecule has 1 fully saturated rings. The molecule has 0 radical (unpaired) electrons. The smallest absolute Gasteiger partial charge is 0.309 e. The molecular weight excluding hydrogens is 386 g/mol. The van der Waals surface area contributed by atoms with Crippen LogP contribution in [-0.4, -0.2) is 72.4 Å². The number of oxazole rings is 1. The van der Waals surface area contributed by atoms with Gasteiger partial charge in [-0.25, -0.2) is 5.43 Å². The van der Waals surface area contributed by atoms with E-state index in [-0.39, 0.29) is 23.5 Å². The van der Waals surface area contributed by atoms with E-state index in [1.54, 1.807) is 20.3 Å². The lowest BCUT2D eigenvalue weighted by Crippen LogP contribution is -2.37. The van der Waals surface area contributed by atoms with Crippen LogP contribution in [0.5, 0.6) is 0 Å². The maximum absolute atomic E-state index is 12.3. The number of benzene rings is 1. The molecule has 1 aromatic carbocycles. The lowest BCUT2D eigenvalue weighted by atomic mass is 10.2. The van der Waals surface area contributed by atoms with Gasteiger partial charge in [-0.2, -0.15) is 20.1 Å². The number of nitrogens with zero attached hydrogens (tertiary/aromatic N) is 6. The fourth-order valence-corrected chi connectivity index (χ4v) is 3.05. The number of carbonyl (C=O) groups excluding carboxylic acids is 1. The zero-order chi connectivity index (χ0) is 21.1. The van der Waals surface area contributed by atoms with E-state index in [2.05, 4.69) is 25.5 Å². The summed E-state index contributed by atoms with van der Waals surface area (Å²) in [7, 11) is 3.28. The Labute approximate surface area is 173 Å². The molecule has 1 aliphatic heterocycles. The topological polar surface area (TPSA) is 109 Å². The number of carbonyl (C=O) groups is 1. The van der Waals surface area contributed by atoms with Gasteiger partial charge in [0, 0.05) is 27.2 Å². The molecule has 30 heavy (non-hydrogen) atoms. The van der Waals surface area contributed by atoms with Crippen LogP contribution >= 0.6 is 0 Å². The lowest BCUT2D eigenvalue weighted by molar-refractivity contribution is 0.0791. The molecule has 10 heteroatoms. The second-order valence-corrected chi connectivity index (χ2v) is 7.13. The number of amides is 1. The molecule has 3 aromatic rings. The summed E-state index contributed by atoms with van der Waals surface area (Å²) in [5.41, 5.74) is 5.62. The van der Waals surface area contributed by atoms with E-state index >= 15 is 0 Å². The van der Waals surface area contributed by atoms with Crippen LogP contribution in [0, 0.1) is 6.92 Å². The van der Waals surface area contributed by atoms with Gasteiger partial charge in [-0.1, -0.05) is 29.8 Å². The first-order valence-corrected chi connectivity index (χ1v) is 9.60. The number of morpholine rings is 1. The molecule has 0 aliphatic carbocycles. The quantitative estimate of drug-likeness (QED) is 0.503. The minimum Gasteiger partial charge on any atom is -0.413 e. The van der Waals surface area contributed by atoms with Gasteiger partial charge in [0.1, 0.15) is 0 Å². The summed E-state index contributed by atoms with van der Waals surface area (Å²) in [6, 6.07) is 7.96. The van der Waals surface area contributed by atoms with Crippen LogP contribution in [0.1, 0.15) is 21.8 Å². The van der Waals surface area contributed by atoms with Crippen LogP contribution < -0.4 is 10.3 Å². The van der Waals surface area contributed by atoms with Gasteiger partial charge >= 0.3 is 5.91 Å². The summed E-state index contributed by atoms with van der Waals surface area (Å²) in [5.74, 6) is 0.470. The van der Waals surface area contributed by atoms with E-state index < -0.39 is 0 Å². The molecule has 1 amide bonds. The first-order valence-electron chi connectivity index (χ1n) is 9.60. The maximum atomic E-state index is 12.3. The SMILES string of the molecule is Cc1cccc(/C=N/Nc2nc(N3CCOCC3)c3nc(C(=O)N(C)C)oc3n2)c1. The van der Waals surface area contributed by atoms with E-state index in [1.807, 2.05) is 36.1 Å². The highest BCUT2D eigenvalue weighted by atomic mass is 16.5. The number of aryl methyl sites for hydroxylation is 1. The van der Waals surface area contributed by atoms with Crippen molar-refractivity contribution in [1.82, 2.24) is 19.9 Å². The van der Waals surface area contributed by atoms with Crippen molar-refractivity contribution >= 4 is 35.1 Å². The summed E-state index contributed by atoms with van der Waals surface area (Å²) in [6.07, 6.45) is 1.69. The van der Waals surface area contributed by atoms with Crippen LogP contribution in [0.2, 0.25) is 0 Å². The number of hydrogen-bond donors (Lipinski definition) is 1. The van der Waals surface area contributed by atoms with E-state index in [4.69, 9.17) is 9.15 Å². The average molecular weight is 409 g/mol. The van der Waals surface area contributed by atoms with Gasteiger partial charge in [-0.05, 0) is 12.5 Å². The Balaban J connectivity index is 1.68. The summed E-state index contributed by atoms with van der Waals surface area (Å²) in [6.45, 7) is 4.50. The number of nitrogens with one attached hydrogen (secondary N) is 1. The highest BCUT2D eigenvalue weighted by Gasteiger charge is 2.24. The van der Waals surface area contributed by atoms with Crippen LogP contribution in [0.15, 0.2) is 33.8 Å². The fourth-order valence-electron chi connectivity index (χ4n) is 3.05. The summed E-state index contributed by atoms with van der Waals surface area (Å²) >= 11 is 0. The van der Waals surface area contributed by atoms with Gasteiger partial charge in [0.15, 0.2) is 11.3 Å². The molecule has 0 spiro atoms. The Bertz CT molecular complexity index is 1090. The van der Waals surface area contributed by atoms with Crippen molar-refractivity contribution in [3.8, 4) is 0 Å². The summed E-state index contributed by atoms with van der Waals surface area (Å²) in [5, 5.41) is 4.24. The molecule has 0 bridgehead atoms. The molecule has 3 heterocycles. The number of hydrogen-bond acceptors (Lipinski definition) is 9. The van der Waals surface area contributed by atoms with Gasteiger partial charge in [0.05, 0.1) is 19.4 Å². The number of rotatable bonds is 5. The van der Waals surface area contributed by atoms with Crippen LogP contribution in [0.4, 0.5) is 11.8 Å². The van der Waals surface area contributed by atoms with Gasteiger partial charge < -0.3 is 19.0 Å². The molecule has 0 atom stereocenters. The van der Waals surface area contributed by atoms with E-state index in [1.165, 1.54) is 4.90 Å². The van der Waals surface area contributed by atoms with Crippen molar-refractivity contribution in [3.05, 3.63) is 41.3 Å². The molecule has 1 saturated heterocycles. The summed E-state index contributed by atoms with van der Waals surface area (Å²) in [4.78, 5) is 29.0. The number of ether oxygens (including phenoxy) is 1. The van der Waals surface area contributed by atoms with Crippen molar-refractivity contribution < 1.29 is 13.9 Å². The Morgan fingerprint density at radius 1 is 1.23 bits per heavy atom. The minimum atomic E-state index is -0.340. The Morgan fingerprint density at radius 2 is 2.03 bits per heavy atom. The molecule has 2 aromatic heterocycles. The standard InChI is InChI=1S/C20H23N7O3/c1-13-5-4-6-14(11-13)12-21-25-20-23-16(27-7-9-29-10-8-27)15-17(24-20)30-18(22-15)19(28)26(2)3/h4-6,11-12H,7-10H2,1-3H3,(H,23,24,25)/b21-12+. The van der Waals surface area contributed by atoms with Crippen LogP contribution in [0.3, 0.4) is 0 Å². The van der Waals surface area contributed by atoms with Gasteiger partial charge in [0.25, 0.3) is 11.6 Å². The largest absolute Gasteiger partial charge is 0.413 e. The molecule has 10 nitrogen and oxygen atoms in total. The average Bonchev–Trinajstić information content (AvgIpc) is 3.17. The first-order chi connectivity index (χ1) is 14.5. The molecule has 0 saturated carbocycles. The molecular formula is C20H23N7O3. The highest BCUT2D eigenvalue weighted by Crippen LogP contribution is 2.26. The molecule has 156 valence electrons. The van der Waals surface area contributed by atoms with Crippen molar-refractivity contribution in [1.29, 1.82) is 0 Å². The number of aromatic nitrogens is 3. The second kappa shape index (κ2) is 8.46. The molecule has 1 aliphatic rings. The third kappa shape index (κ3) is 4.23. The normalized spacial score (nSPS) is 14.4. The maximum Gasteiger partial charge on any atom is 0.309 e. The Kier molecular flexibility index (Phi) is 5.57. The van der Waals surface area contributed by atoms with Gasteiger partial charge in [0.2, 0.25) is 5.95 Å². The third-order valence-electron chi connectivity index (χ3n) is 4.56. The van der Waals surface area contributed by atoms with Crippen molar-refractivity contribution in [2.75, 3.05) is 50.7 Å². The number of fused-ring (bicyclic) bond motifs is 1. The van der Waals surface area contributed by atoms with Crippen molar-refractivity contribution in [2.45, 2.75) is 6.92 Å². The molecule has 4 rings (SSSR count). The van der Waals surface area contributed by atoms with Gasteiger partial charge in [-0.15, -0.1) is 0 Å². The highest BCUT2D eigenvalue weighted by molar-refractivity contribution is 5.94. The molecule has 1 N–H and O–H groups in total. The number of hydrazone groups is 1. The second-order valence-electron chi connectivity index (χ2n) is 7.13.